The van der Waals surface area contributed by atoms with Crippen molar-refractivity contribution in [2.45, 2.75) is 18.9 Å². The van der Waals surface area contributed by atoms with E-state index in [1.165, 1.54) is 6.20 Å². The van der Waals surface area contributed by atoms with Crippen LogP contribution in [0.15, 0.2) is 6.20 Å². The summed E-state index contributed by atoms with van der Waals surface area (Å²) in [7, 11) is 1.72. The molecule has 0 aliphatic rings. The van der Waals surface area contributed by atoms with Crippen molar-refractivity contribution in [3.05, 3.63) is 16.9 Å². The minimum Gasteiger partial charge on any atom is -0.375 e. The summed E-state index contributed by atoms with van der Waals surface area (Å²) in [5, 5.41) is 4.41. The van der Waals surface area contributed by atoms with Gasteiger partial charge in [-0.15, -0.1) is 0 Å². The van der Waals surface area contributed by atoms with Gasteiger partial charge >= 0.3 is 0 Å². The Kier molecular flexibility index (Phi) is 5.11. The lowest BCUT2D eigenvalue weighted by Gasteiger charge is -2.12. The molecule has 7 heteroatoms. The number of nitrogens with two attached hydrogens (primary N) is 1. The summed E-state index contributed by atoms with van der Waals surface area (Å²) in [5.74, 6) is 0. The van der Waals surface area contributed by atoms with Gasteiger partial charge in [0.05, 0.1) is 23.0 Å². The van der Waals surface area contributed by atoms with Crippen molar-refractivity contribution < 1.29 is 13.5 Å². The smallest absolute Gasteiger partial charge is 0.261 e. The maximum atomic E-state index is 11.8. The normalized spacial score (nSPS) is 13.4. The molecule has 0 aromatic carbocycles. The minimum atomic E-state index is -2.45. The summed E-state index contributed by atoms with van der Waals surface area (Å²) in [6.45, 7) is -0.390. The summed E-state index contributed by atoms with van der Waals surface area (Å²) >= 11 is 5.88. The van der Waals surface area contributed by atoms with Gasteiger partial charge in [-0.2, -0.15) is 5.10 Å². The number of nitrogens with zero attached hydrogens (tertiary/aromatic N) is 2. The zero-order chi connectivity index (χ0) is 12.1. The van der Waals surface area contributed by atoms with Crippen LogP contribution in [-0.4, -0.2) is 29.4 Å². The van der Waals surface area contributed by atoms with Gasteiger partial charge < -0.3 is 10.5 Å². The Balaban J connectivity index is 2.38. The molecule has 1 heterocycles. The van der Waals surface area contributed by atoms with E-state index in [2.05, 4.69) is 5.10 Å². The molecule has 92 valence electrons. The molecule has 0 spiro atoms. The first-order chi connectivity index (χ1) is 7.52. The Morgan fingerprint density at radius 1 is 1.62 bits per heavy atom. The number of hydrogen-bond acceptors (Lipinski definition) is 3. The molecule has 1 atom stereocenters. The number of halogens is 3. The van der Waals surface area contributed by atoms with E-state index in [-0.39, 0.29) is 12.6 Å². The molecule has 1 rings (SSSR count). The molecule has 0 aliphatic carbocycles. The molecule has 0 saturated heterocycles. The molecule has 1 aromatic rings. The van der Waals surface area contributed by atoms with Gasteiger partial charge in [0, 0.05) is 13.7 Å². The molecule has 0 radical (unpaired) electrons. The van der Waals surface area contributed by atoms with E-state index in [4.69, 9.17) is 22.1 Å². The lowest BCUT2D eigenvalue weighted by molar-refractivity contribution is 0.0151. The van der Waals surface area contributed by atoms with Crippen LogP contribution in [0, 0.1) is 0 Å². The first-order valence-electron chi connectivity index (χ1n) is 4.81. The van der Waals surface area contributed by atoms with E-state index < -0.39 is 13.0 Å². The van der Waals surface area contributed by atoms with Gasteiger partial charge in [0.2, 0.25) is 0 Å². The van der Waals surface area contributed by atoms with E-state index in [0.29, 0.717) is 17.1 Å². The molecule has 0 fully saturated rings. The molecule has 0 saturated carbocycles. The largest absolute Gasteiger partial charge is 0.375 e. The van der Waals surface area contributed by atoms with Crippen LogP contribution in [0.2, 0.25) is 5.02 Å². The highest BCUT2D eigenvalue weighted by molar-refractivity contribution is 6.31. The fourth-order valence-electron chi connectivity index (χ4n) is 1.36. The molecular formula is C9H14ClF2N3O. The van der Waals surface area contributed by atoms with Crippen molar-refractivity contribution in [1.29, 1.82) is 0 Å². The molecule has 0 amide bonds. The number of aromatic nitrogens is 2. The molecule has 4 nitrogen and oxygen atoms in total. The number of rotatable bonds is 6. The molecule has 0 aliphatic heterocycles. The van der Waals surface area contributed by atoms with Gasteiger partial charge in [0.25, 0.3) is 6.43 Å². The molecule has 0 bridgehead atoms. The van der Waals surface area contributed by atoms with Crippen molar-refractivity contribution in [3.63, 3.8) is 0 Å². The Bertz CT molecular complexity index is 313. The number of aryl methyl sites for hydroxylation is 1. The molecular weight excluding hydrogens is 240 g/mol. The predicted octanol–water partition coefficient (Wildman–Crippen LogP) is 1.75. The maximum absolute atomic E-state index is 11.8. The maximum Gasteiger partial charge on any atom is 0.261 e. The third-order valence-corrected chi connectivity index (χ3v) is 2.40. The highest BCUT2D eigenvalue weighted by Gasteiger charge is 2.15. The summed E-state index contributed by atoms with van der Waals surface area (Å²) in [5.41, 5.74) is 6.53. The van der Waals surface area contributed by atoms with Crippen molar-refractivity contribution in [2.24, 2.45) is 12.8 Å². The van der Waals surface area contributed by atoms with E-state index in [0.717, 1.165) is 0 Å². The van der Waals surface area contributed by atoms with E-state index in [9.17, 15) is 8.78 Å². The first kappa shape index (κ1) is 13.3. The number of hydrogen-bond donors (Lipinski definition) is 1. The fraction of sp³-hybridized carbons (Fsp3) is 0.667. The molecule has 1 aromatic heterocycles. The van der Waals surface area contributed by atoms with Gasteiger partial charge in [-0.05, 0) is 6.42 Å². The predicted molar refractivity (Wildman–Crippen MR) is 56.6 cm³/mol. The Morgan fingerprint density at radius 3 is 2.81 bits per heavy atom. The van der Waals surface area contributed by atoms with Gasteiger partial charge in [0.15, 0.2) is 0 Å². The van der Waals surface area contributed by atoms with E-state index in [1.54, 1.807) is 11.7 Å². The first-order valence-corrected chi connectivity index (χ1v) is 5.19. The summed E-state index contributed by atoms with van der Waals surface area (Å²) < 4.78 is 29.8. The van der Waals surface area contributed by atoms with Crippen LogP contribution in [-0.2, 0) is 11.8 Å². The van der Waals surface area contributed by atoms with Gasteiger partial charge in [-0.25, -0.2) is 8.78 Å². The average molecular weight is 254 g/mol. The summed E-state index contributed by atoms with van der Waals surface area (Å²) in [6.07, 6.45) is -0.528. The second-order valence-electron chi connectivity index (χ2n) is 3.36. The average Bonchev–Trinajstić information content (AvgIpc) is 2.53. The monoisotopic (exact) mass is 253 g/mol. The van der Waals surface area contributed by atoms with Crippen LogP contribution in [0.1, 0.15) is 18.2 Å². The van der Waals surface area contributed by atoms with Crippen LogP contribution < -0.4 is 5.73 Å². The highest BCUT2D eigenvalue weighted by atomic mass is 35.5. The lowest BCUT2D eigenvalue weighted by atomic mass is 10.1. The van der Waals surface area contributed by atoms with Crippen LogP contribution in [0.5, 0.6) is 0 Å². The Hall–Kier alpha value is -0.720. The topological polar surface area (TPSA) is 53.1 Å². The van der Waals surface area contributed by atoms with Crippen LogP contribution in [0.3, 0.4) is 0 Å². The van der Waals surface area contributed by atoms with E-state index in [1.807, 2.05) is 0 Å². The second-order valence-corrected chi connectivity index (χ2v) is 3.77. The molecule has 1 unspecified atom stereocenters. The van der Waals surface area contributed by atoms with Crippen LogP contribution in [0.25, 0.3) is 0 Å². The SMILES string of the molecule is Cn1ncc(Cl)c1C(N)CCOCC(F)F. The van der Waals surface area contributed by atoms with Gasteiger partial charge in [-0.3, -0.25) is 4.68 Å². The summed E-state index contributed by atoms with van der Waals surface area (Å²) in [4.78, 5) is 0. The van der Waals surface area contributed by atoms with Crippen molar-refractivity contribution in [2.75, 3.05) is 13.2 Å². The lowest BCUT2D eigenvalue weighted by Crippen LogP contribution is -2.18. The Labute approximate surface area is 97.3 Å². The Morgan fingerprint density at radius 2 is 2.31 bits per heavy atom. The van der Waals surface area contributed by atoms with Gasteiger partial charge in [0.1, 0.15) is 6.61 Å². The van der Waals surface area contributed by atoms with Gasteiger partial charge in [-0.1, -0.05) is 11.6 Å². The summed E-state index contributed by atoms with van der Waals surface area (Å²) in [6, 6.07) is -0.363. The van der Waals surface area contributed by atoms with Crippen molar-refractivity contribution in [3.8, 4) is 0 Å². The number of ether oxygens (including phenoxy) is 1. The van der Waals surface area contributed by atoms with Crippen LogP contribution in [0.4, 0.5) is 8.78 Å². The zero-order valence-corrected chi connectivity index (χ0v) is 9.62. The standard InChI is InChI=1S/C9H14ClF2N3O/c1-15-9(6(10)4-14-15)7(13)2-3-16-5-8(11)12/h4,7-8H,2-3,5,13H2,1H3. The second kappa shape index (κ2) is 6.12. The molecule has 2 N–H and O–H groups in total. The third-order valence-electron chi connectivity index (χ3n) is 2.11. The quantitative estimate of drug-likeness (QED) is 0.786. The third kappa shape index (κ3) is 3.70. The minimum absolute atomic E-state index is 0.174. The van der Waals surface area contributed by atoms with Crippen LogP contribution >= 0.6 is 11.6 Å². The van der Waals surface area contributed by atoms with Crippen molar-refractivity contribution >= 4 is 11.6 Å². The highest BCUT2D eigenvalue weighted by Crippen LogP contribution is 2.22. The van der Waals surface area contributed by atoms with E-state index >= 15 is 0 Å². The van der Waals surface area contributed by atoms with Crippen molar-refractivity contribution in [1.82, 2.24) is 9.78 Å². The number of alkyl halides is 2. The molecule has 16 heavy (non-hydrogen) atoms. The zero-order valence-electron chi connectivity index (χ0n) is 8.87. The fourth-order valence-corrected chi connectivity index (χ4v) is 1.66.